The third-order valence-electron chi connectivity index (χ3n) is 1.83. The molecule has 2 rings (SSSR count). The van der Waals surface area contributed by atoms with Crippen molar-refractivity contribution in [2.75, 3.05) is 6.61 Å². The summed E-state index contributed by atoms with van der Waals surface area (Å²) >= 11 is 1.00. The quantitative estimate of drug-likeness (QED) is 0.689. The lowest BCUT2D eigenvalue weighted by atomic mass is 10.1. The Morgan fingerprint density at radius 1 is 1.54 bits per heavy atom. The normalized spacial score (nSPS) is 14.9. The first-order valence-corrected chi connectivity index (χ1v) is 4.52. The molecule has 2 heterocycles. The molecule has 0 bridgehead atoms. The highest BCUT2D eigenvalue weighted by molar-refractivity contribution is 7.16. The number of ether oxygens (including phenoxy) is 1. The number of Topliss-reactive ketones (excluding diaryl/α,β-unsaturated/α-hetero) is 1. The molecule has 0 fully saturated rings. The summed E-state index contributed by atoms with van der Waals surface area (Å²) in [5.74, 6) is -0.400. The summed E-state index contributed by atoms with van der Waals surface area (Å²) in [6.07, 6.45) is 0.782. The van der Waals surface area contributed by atoms with E-state index in [0.717, 1.165) is 11.3 Å². The van der Waals surface area contributed by atoms with Crippen molar-refractivity contribution in [1.82, 2.24) is 0 Å². The zero-order valence-electron chi connectivity index (χ0n) is 6.57. The Bertz CT molecular complexity index is 380. The summed E-state index contributed by atoms with van der Waals surface area (Å²) in [6.45, 7) is 0.323. The lowest BCUT2D eigenvalue weighted by Crippen LogP contribution is -2.13. The summed E-state index contributed by atoms with van der Waals surface area (Å²) in [7, 11) is 0. The van der Waals surface area contributed by atoms with Crippen LogP contribution in [0.2, 0.25) is 0 Å². The standard InChI is InChI=1S/C8H6O4S/c9-3-5-7(11)6-4(10)1-2-12-8(6)13-5/h3,11H,1-2H2. The van der Waals surface area contributed by atoms with Crippen LogP contribution in [-0.2, 0) is 0 Å². The first-order chi connectivity index (χ1) is 6.24. The number of fused-ring (bicyclic) bond motifs is 1. The van der Waals surface area contributed by atoms with E-state index in [9.17, 15) is 14.7 Å². The molecule has 13 heavy (non-hydrogen) atoms. The highest BCUT2D eigenvalue weighted by atomic mass is 32.1. The molecule has 0 saturated carbocycles. The molecule has 0 spiro atoms. The molecule has 1 aromatic rings. The molecule has 0 radical (unpaired) electrons. The molecule has 5 heteroatoms. The number of rotatable bonds is 1. The van der Waals surface area contributed by atoms with Gasteiger partial charge in [0.25, 0.3) is 0 Å². The van der Waals surface area contributed by atoms with Crippen LogP contribution in [-0.4, -0.2) is 23.8 Å². The fourth-order valence-electron chi connectivity index (χ4n) is 1.21. The summed E-state index contributed by atoms with van der Waals surface area (Å²) in [5.41, 5.74) is 0.165. The zero-order chi connectivity index (χ0) is 9.42. The molecule has 0 amide bonds. The zero-order valence-corrected chi connectivity index (χ0v) is 7.39. The van der Waals surface area contributed by atoms with Gasteiger partial charge >= 0.3 is 0 Å². The molecule has 0 unspecified atom stereocenters. The highest BCUT2D eigenvalue weighted by Crippen LogP contribution is 2.42. The van der Waals surface area contributed by atoms with E-state index in [-0.39, 0.29) is 28.4 Å². The number of carbonyl (C=O) groups excluding carboxylic acids is 2. The van der Waals surface area contributed by atoms with Crippen molar-refractivity contribution < 1.29 is 19.4 Å². The number of thiophene rings is 1. The number of hydrogen-bond acceptors (Lipinski definition) is 5. The van der Waals surface area contributed by atoms with Gasteiger partial charge in [-0.05, 0) is 0 Å². The first kappa shape index (κ1) is 8.25. The van der Waals surface area contributed by atoms with E-state index < -0.39 is 0 Å². The van der Waals surface area contributed by atoms with Crippen molar-refractivity contribution in [2.45, 2.75) is 6.42 Å². The van der Waals surface area contributed by atoms with Gasteiger partial charge in [-0.2, -0.15) is 0 Å². The minimum Gasteiger partial charge on any atom is -0.505 e. The maximum atomic E-state index is 11.3. The van der Waals surface area contributed by atoms with Crippen LogP contribution >= 0.6 is 11.3 Å². The minimum absolute atomic E-state index is 0.153. The third kappa shape index (κ3) is 1.12. The number of ketones is 1. The van der Waals surface area contributed by atoms with Crippen LogP contribution in [0.5, 0.6) is 10.8 Å². The number of hydrogen-bond donors (Lipinski definition) is 1. The van der Waals surface area contributed by atoms with Gasteiger partial charge in [-0.3, -0.25) is 9.59 Å². The van der Waals surface area contributed by atoms with Crippen molar-refractivity contribution in [3.05, 3.63) is 10.4 Å². The van der Waals surface area contributed by atoms with E-state index in [1.807, 2.05) is 0 Å². The number of carbonyl (C=O) groups is 2. The van der Waals surface area contributed by atoms with E-state index in [2.05, 4.69) is 0 Å². The number of aromatic hydroxyl groups is 1. The molecule has 4 nitrogen and oxygen atoms in total. The summed E-state index contributed by atoms with van der Waals surface area (Å²) in [4.78, 5) is 21.9. The van der Waals surface area contributed by atoms with Crippen LogP contribution in [0.3, 0.4) is 0 Å². The van der Waals surface area contributed by atoms with Crippen LogP contribution < -0.4 is 4.74 Å². The van der Waals surface area contributed by atoms with Gasteiger partial charge in [0.15, 0.2) is 22.9 Å². The van der Waals surface area contributed by atoms with E-state index in [0.29, 0.717) is 18.0 Å². The summed E-state index contributed by atoms with van der Waals surface area (Å²) in [5, 5.41) is 9.78. The average molecular weight is 198 g/mol. The van der Waals surface area contributed by atoms with Gasteiger partial charge in [0, 0.05) is 6.42 Å². The summed E-state index contributed by atoms with van der Waals surface area (Å²) in [6, 6.07) is 0. The Morgan fingerprint density at radius 3 is 2.92 bits per heavy atom. The van der Waals surface area contributed by atoms with E-state index >= 15 is 0 Å². The topological polar surface area (TPSA) is 63.6 Å². The molecule has 0 aromatic carbocycles. The molecule has 1 aliphatic heterocycles. The Kier molecular flexibility index (Phi) is 1.81. The predicted octanol–water partition coefficient (Wildman–Crippen LogP) is 1.23. The van der Waals surface area contributed by atoms with Gasteiger partial charge in [0.1, 0.15) is 10.4 Å². The molecule has 68 valence electrons. The van der Waals surface area contributed by atoms with Gasteiger partial charge < -0.3 is 9.84 Å². The molecule has 0 atom stereocenters. The fourth-order valence-corrected chi connectivity index (χ4v) is 2.11. The molecule has 1 aromatic heterocycles. The van der Waals surface area contributed by atoms with Crippen molar-refractivity contribution in [1.29, 1.82) is 0 Å². The van der Waals surface area contributed by atoms with Crippen LogP contribution in [0, 0.1) is 0 Å². The second-order valence-corrected chi connectivity index (χ2v) is 3.63. The Labute approximate surface area is 77.8 Å². The predicted molar refractivity (Wildman–Crippen MR) is 45.8 cm³/mol. The largest absolute Gasteiger partial charge is 0.505 e. The molecule has 0 saturated heterocycles. The molecule has 1 N–H and O–H groups in total. The summed E-state index contributed by atoms with van der Waals surface area (Å²) < 4.78 is 5.14. The smallest absolute Gasteiger partial charge is 0.189 e. The van der Waals surface area contributed by atoms with Crippen LogP contribution in [0.1, 0.15) is 26.5 Å². The fraction of sp³-hybridized carbons (Fsp3) is 0.250. The van der Waals surface area contributed by atoms with E-state index in [1.165, 1.54) is 0 Å². The van der Waals surface area contributed by atoms with E-state index in [4.69, 9.17) is 4.74 Å². The maximum Gasteiger partial charge on any atom is 0.189 e. The van der Waals surface area contributed by atoms with Crippen molar-refractivity contribution >= 4 is 23.4 Å². The SMILES string of the molecule is O=Cc1sc2c(c1O)C(=O)CCO2. The Hall–Kier alpha value is -1.36. The first-order valence-electron chi connectivity index (χ1n) is 3.71. The number of aldehydes is 1. The molecule has 0 aliphatic carbocycles. The average Bonchev–Trinajstić information content (AvgIpc) is 2.44. The van der Waals surface area contributed by atoms with Crippen molar-refractivity contribution in [3.63, 3.8) is 0 Å². The van der Waals surface area contributed by atoms with Gasteiger partial charge in [-0.1, -0.05) is 11.3 Å². The maximum absolute atomic E-state index is 11.3. The third-order valence-corrected chi connectivity index (χ3v) is 2.84. The Morgan fingerprint density at radius 2 is 2.31 bits per heavy atom. The Balaban J connectivity index is 2.61. The van der Waals surface area contributed by atoms with E-state index in [1.54, 1.807) is 0 Å². The lowest BCUT2D eigenvalue weighted by molar-refractivity contribution is 0.0934. The van der Waals surface area contributed by atoms with Gasteiger partial charge in [-0.15, -0.1) is 0 Å². The molecular weight excluding hydrogens is 192 g/mol. The van der Waals surface area contributed by atoms with Gasteiger partial charge in [0.05, 0.1) is 6.61 Å². The lowest BCUT2D eigenvalue weighted by Gasteiger charge is -2.10. The van der Waals surface area contributed by atoms with Crippen molar-refractivity contribution in [2.24, 2.45) is 0 Å². The monoisotopic (exact) mass is 198 g/mol. The van der Waals surface area contributed by atoms with Gasteiger partial charge in [-0.25, -0.2) is 0 Å². The molecule has 1 aliphatic rings. The van der Waals surface area contributed by atoms with Crippen LogP contribution in [0.4, 0.5) is 0 Å². The van der Waals surface area contributed by atoms with Gasteiger partial charge in [0.2, 0.25) is 0 Å². The van der Waals surface area contributed by atoms with Crippen LogP contribution in [0.25, 0.3) is 0 Å². The second kappa shape index (κ2) is 2.85. The highest BCUT2D eigenvalue weighted by Gasteiger charge is 2.27. The van der Waals surface area contributed by atoms with Crippen LogP contribution in [0.15, 0.2) is 0 Å². The molecular formula is C8H6O4S. The minimum atomic E-state index is -0.236. The van der Waals surface area contributed by atoms with Crippen molar-refractivity contribution in [3.8, 4) is 10.8 Å². The second-order valence-electron chi connectivity index (χ2n) is 2.62.